The van der Waals surface area contributed by atoms with Crippen LogP contribution in [-0.4, -0.2) is 39.6 Å². The monoisotopic (exact) mass is 176 g/mol. The molecule has 2 N–H and O–H groups in total. The van der Waals surface area contributed by atoms with Crippen LogP contribution in [0.3, 0.4) is 0 Å². The van der Waals surface area contributed by atoms with Crippen molar-refractivity contribution in [3.63, 3.8) is 0 Å². The third-order valence-corrected chi connectivity index (χ3v) is 0.708. The van der Waals surface area contributed by atoms with E-state index >= 15 is 0 Å². The number of hydrogen-bond acceptors (Lipinski definition) is 5. The molecule has 0 atom stereocenters. The molecule has 0 spiro atoms. The molecule has 0 aromatic rings. The van der Waals surface area contributed by atoms with Crippen molar-refractivity contribution in [2.75, 3.05) is 27.4 Å². The van der Waals surface area contributed by atoms with Gasteiger partial charge in [0.1, 0.15) is 6.61 Å². The van der Waals surface area contributed by atoms with E-state index in [1.165, 1.54) is 6.92 Å². The second-order valence-corrected chi connectivity index (χ2v) is 1.85. The van der Waals surface area contributed by atoms with Crippen molar-refractivity contribution in [2.24, 2.45) is 0 Å². The third kappa shape index (κ3) is 23.0. The highest BCUT2D eigenvalue weighted by atomic mass is 16.5. The van der Waals surface area contributed by atoms with Crippen molar-refractivity contribution in [1.29, 1.82) is 0 Å². The highest BCUT2D eigenvalue weighted by molar-refractivity contribution is 5.68. The SMILES string of the molecule is CC(=O)OCC=O.CNCNC. The smallest absolute Gasteiger partial charge is 0.303 e. The van der Waals surface area contributed by atoms with E-state index in [2.05, 4.69) is 15.4 Å². The lowest BCUT2D eigenvalue weighted by Gasteiger charge is -1.88. The molecule has 0 aromatic carbocycles. The summed E-state index contributed by atoms with van der Waals surface area (Å²) < 4.78 is 4.18. The van der Waals surface area contributed by atoms with Crippen molar-refractivity contribution in [3.05, 3.63) is 0 Å². The maximum atomic E-state index is 9.82. The predicted octanol–water partition coefficient (Wildman–Crippen LogP) is -0.869. The molecule has 0 rings (SSSR count). The van der Waals surface area contributed by atoms with Crippen LogP contribution in [0, 0.1) is 0 Å². The summed E-state index contributed by atoms with van der Waals surface area (Å²) in [5, 5.41) is 5.81. The summed E-state index contributed by atoms with van der Waals surface area (Å²) >= 11 is 0. The van der Waals surface area contributed by atoms with Crippen molar-refractivity contribution >= 4 is 12.3 Å². The van der Waals surface area contributed by atoms with E-state index < -0.39 is 5.97 Å². The minimum atomic E-state index is -0.424. The molecule has 0 aliphatic rings. The molecule has 0 aliphatic heterocycles. The van der Waals surface area contributed by atoms with Gasteiger partial charge in [-0.05, 0) is 14.1 Å². The Morgan fingerprint density at radius 3 is 2.00 bits per heavy atom. The maximum Gasteiger partial charge on any atom is 0.303 e. The lowest BCUT2D eigenvalue weighted by atomic mass is 10.8. The van der Waals surface area contributed by atoms with Gasteiger partial charge in [-0.2, -0.15) is 0 Å². The molecule has 12 heavy (non-hydrogen) atoms. The number of rotatable bonds is 4. The minimum absolute atomic E-state index is 0.130. The summed E-state index contributed by atoms with van der Waals surface area (Å²) in [4.78, 5) is 19.3. The second-order valence-electron chi connectivity index (χ2n) is 1.85. The van der Waals surface area contributed by atoms with Gasteiger partial charge in [-0.15, -0.1) is 0 Å². The van der Waals surface area contributed by atoms with Gasteiger partial charge >= 0.3 is 5.97 Å². The van der Waals surface area contributed by atoms with Gasteiger partial charge in [0.25, 0.3) is 0 Å². The third-order valence-electron chi connectivity index (χ3n) is 0.708. The van der Waals surface area contributed by atoms with Crippen LogP contribution in [0.25, 0.3) is 0 Å². The number of hydrogen-bond donors (Lipinski definition) is 2. The quantitative estimate of drug-likeness (QED) is 0.331. The highest BCUT2D eigenvalue weighted by Crippen LogP contribution is 1.68. The number of carbonyl (C=O) groups excluding carboxylic acids is 2. The molecule has 5 heteroatoms. The summed E-state index contributed by atoms with van der Waals surface area (Å²) in [6, 6.07) is 0. The summed E-state index contributed by atoms with van der Waals surface area (Å²) in [5.41, 5.74) is 0. The van der Waals surface area contributed by atoms with E-state index in [0.717, 1.165) is 6.67 Å². The largest absolute Gasteiger partial charge is 0.458 e. The average molecular weight is 176 g/mol. The Labute approximate surface area is 72.5 Å². The van der Waals surface area contributed by atoms with Gasteiger partial charge in [0, 0.05) is 13.6 Å². The first kappa shape index (κ1) is 13.6. The molecule has 0 bridgehead atoms. The molecular weight excluding hydrogens is 160 g/mol. The molecule has 72 valence electrons. The standard InChI is InChI=1S/C4H6O3.C3H10N2/c1-4(6)7-3-2-5;1-4-3-5-2/h2H,3H2,1H3;4-5H,3H2,1-2H3. The van der Waals surface area contributed by atoms with Crippen LogP contribution in [0.15, 0.2) is 0 Å². The minimum Gasteiger partial charge on any atom is -0.458 e. The summed E-state index contributed by atoms with van der Waals surface area (Å²) in [6.07, 6.45) is 0.529. The van der Waals surface area contributed by atoms with Crippen LogP contribution < -0.4 is 10.6 Å². The predicted molar refractivity (Wildman–Crippen MR) is 45.7 cm³/mol. The molecule has 0 aliphatic carbocycles. The number of ether oxygens (including phenoxy) is 1. The number of nitrogens with one attached hydrogen (secondary N) is 2. The first-order valence-electron chi connectivity index (χ1n) is 3.55. The van der Waals surface area contributed by atoms with E-state index in [1.54, 1.807) is 0 Å². The fourth-order valence-corrected chi connectivity index (χ4v) is 0.328. The molecule has 0 heterocycles. The molecule has 5 nitrogen and oxygen atoms in total. The van der Waals surface area contributed by atoms with E-state index in [0.29, 0.717) is 6.29 Å². The first-order chi connectivity index (χ1) is 5.68. The van der Waals surface area contributed by atoms with Gasteiger partial charge in [-0.25, -0.2) is 0 Å². The Morgan fingerprint density at radius 1 is 1.42 bits per heavy atom. The molecule has 0 saturated heterocycles. The lowest BCUT2D eigenvalue weighted by molar-refractivity contribution is -0.143. The highest BCUT2D eigenvalue weighted by Gasteiger charge is 1.85. The van der Waals surface area contributed by atoms with Gasteiger partial charge in [0.2, 0.25) is 0 Å². The van der Waals surface area contributed by atoms with E-state index in [1.807, 2.05) is 14.1 Å². The average Bonchev–Trinajstić information content (AvgIpc) is 2.03. The Morgan fingerprint density at radius 2 is 1.92 bits per heavy atom. The lowest BCUT2D eigenvalue weighted by Crippen LogP contribution is -2.21. The topological polar surface area (TPSA) is 67.4 Å². The van der Waals surface area contributed by atoms with Crippen LogP contribution in [-0.2, 0) is 14.3 Å². The van der Waals surface area contributed by atoms with E-state index in [-0.39, 0.29) is 6.61 Å². The summed E-state index contributed by atoms with van der Waals surface area (Å²) in [6.45, 7) is 2.01. The Kier molecular flexibility index (Phi) is 14.4. The van der Waals surface area contributed by atoms with E-state index in [9.17, 15) is 9.59 Å². The molecular formula is C7H16N2O3. The Hall–Kier alpha value is -0.940. The van der Waals surface area contributed by atoms with Gasteiger partial charge in [-0.3, -0.25) is 9.59 Å². The van der Waals surface area contributed by atoms with Crippen LogP contribution in [0.1, 0.15) is 6.92 Å². The number of esters is 1. The zero-order valence-corrected chi connectivity index (χ0v) is 7.72. The van der Waals surface area contributed by atoms with Gasteiger partial charge in [0.05, 0.1) is 0 Å². The summed E-state index contributed by atoms with van der Waals surface area (Å²) in [7, 11) is 3.80. The maximum absolute atomic E-state index is 9.82. The van der Waals surface area contributed by atoms with Crippen LogP contribution in [0.2, 0.25) is 0 Å². The fraction of sp³-hybridized carbons (Fsp3) is 0.714. The van der Waals surface area contributed by atoms with Gasteiger partial charge < -0.3 is 15.4 Å². The van der Waals surface area contributed by atoms with Gasteiger partial charge in [0.15, 0.2) is 6.29 Å². The first-order valence-corrected chi connectivity index (χ1v) is 3.55. The number of aldehydes is 1. The second kappa shape index (κ2) is 12.7. The molecule has 0 radical (unpaired) electrons. The number of carbonyl (C=O) groups is 2. The van der Waals surface area contributed by atoms with Crippen molar-refractivity contribution in [3.8, 4) is 0 Å². The zero-order valence-electron chi connectivity index (χ0n) is 7.72. The zero-order chi connectivity index (χ0) is 9.82. The van der Waals surface area contributed by atoms with Crippen molar-refractivity contribution in [1.82, 2.24) is 10.6 Å². The molecule has 0 saturated carbocycles. The molecule has 0 fully saturated rings. The normalized spacial score (nSPS) is 7.92. The van der Waals surface area contributed by atoms with Crippen LogP contribution >= 0.6 is 0 Å². The Bertz CT molecular complexity index is 115. The van der Waals surface area contributed by atoms with Crippen LogP contribution in [0.4, 0.5) is 0 Å². The van der Waals surface area contributed by atoms with Crippen LogP contribution in [0.5, 0.6) is 0 Å². The van der Waals surface area contributed by atoms with E-state index in [4.69, 9.17) is 0 Å². The van der Waals surface area contributed by atoms with Crippen molar-refractivity contribution in [2.45, 2.75) is 6.92 Å². The summed E-state index contributed by atoms with van der Waals surface area (Å²) in [5.74, 6) is -0.424. The van der Waals surface area contributed by atoms with Gasteiger partial charge in [-0.1, -0.05) is 0 Å². The van der Waals surface area contributed by atoms with Crippen molar-refractivity contribution < 1.29 is 14.3 Å². The fourth-order valence-electron chi connectivity index (χ4n) is 0.328. The molecule has 0 unspecified atom stereocenters. The molecule has 0 amide bonds. The molecule has 0 aromatic heterocycles. The Balaban J connectivity index is 0.